The van der Waals surface area contributed by atoms with Crippen LogP contribution in [-0.4, -0.2) is 31.1 Å². The molecule has 0 spiro atoms. The topological polar surface area (TPSA) is 85.6 Å². The summed E-state index contributed by atoms with van der Waals surface area (Å²) >= 11 is 0. The van der Waals surface area contributed by atoms with Gasteiger partial charge in [0.15, 0.2) is 0 Å². The summed E-state index contributed by atoms with van der Waals surface area (Å²) in [6.45, 7) is 1.25. The van der Waals surface area contributed by atoms with E-state index in [4.69, 9.17) is 0 Å². The molecule has 1 aliphatic carbocycles. The lowest BCUT2D eigenvalue weighted by Crippen LogP contribution is -2.36. The molecule has 0 aliphatic heterocycles. The van der Waals surface area contributed by atoms with Crippen LogP contribution >= 0.6 is 0 Å². The normalized spacial score (nSPS) is 16.9. The van der Waals surface area contributed by atoms with Crippen molar-refractivity contribution in [3.05, 3.63) is 36.4 Å². The van der Waals surface area contributed by atoms with E-state index in [1.165, 1.54) is 19.3 Å². The summed E-state index contributed by atoms with van der Waals surface area (Å²) in [6, 6.07) is 3.83. The Kier molecular flexibility index (Phi) is 4.95. The fraction of sp³-hybridized carbons (Fsp3) is 0.562. The average molecular weight is 314 g/mol. The second kappa shape index (κ2) is 7.30. The smallest absolute Gasteiger partial charge is 0.220 e. The Balaban J connectivity index is 1.60. The molecule has 0 aromatic carbocycles. The van der Waals surface area contributed by atoms with E-state index in [0.29, 0.717) is 19.5 Å². The van der Waals surface area contributed by atoms with Crippen LogP contribution in [0.25, 0.3) is 0 Å². The molecule has 0 atom stereocenters. The molecule has 1 fully saturated rings. The minimum Gasteiger partial charge on any atom is -0.352 e. The molecule has 1 aliphatic rings. The molecule has 1 saturated carbocycles. The Morgan fingerprint density at radius 3 is 2.70 bits per heavy atom. The quantitative estimate of drug-likeness (QED) is 0.877. The Morgan fingerprint density at radius 2 is 2.00 bits per heavy atom. The summed E-state index contributed by atoms with van der Waals surface area (Å²) in [6.07, 6.45) is 11.3. The number of nitrogens with zero attached hydrogens (tertiary/aromatic N) is 5. The first-order valence-electron chi connectivity index (χ1n) is 8.12. The van der Waals surface area contributed by atoms with E-state index in [2.05, 4.69) is 25.8 Å². The number of aromatic nitrogens is 5. The number of hydrogen-bond donors (Lipinski definition) is 1. The first kappa shape index (κ1) is 15.6. The van der Waals surface area contributed by atoms with Crippen LogP contribution in [0.2, 0.25) is 0 Å². The van der Waals surface area contributed by atoms with Crippen molar-refractivity contribution >= 4 is 5.91 Å². The molecule has 7 heteroatoms. The summed E-state index contributed by atoms with van der Waals surface area (Å²) in [5.74, 6) is 0.0942. The predicted molar refractivity (Wildman–Crippen MR) is 84.0 cm³/mol. The van der Waals surface area contributed by atoms with Gasteiger partial charge in [-0.2, -0.15) is 0 Å². The standard InChI is InChI=1S/C16H22N6O/c23-15(18-11-14-4-8-17-9-5-14)10-16(6-2-1-3-7-16)12-22-13-19-20-21-22/h4-5,8-9,13H,1-3,6-7,10-12H2,(H,18,23). The second-order valence-electron chi connectivity index (χ2n) is 6.38. The highest BCUT2D eigenvalue weighted by atomic mass is 16.1. The monoisotopic (exact) mass is 314 g/mol. The van der Waals surface area contributed by atoms with Crippen molar-refractivity contribution in [2.75, 3.05) is 0 Å². The van der Waals surface area contributed by atoms with Gasteiger partial charge in [0, 0.05) is 25.4 Å². The molecule has 23 heavy (non-hydrogen) atoms. The molecule has 2 aromatic heterocycles. The van der Waals surface area contributed by atoms with Crippen molar-refractivity contribution in [3.8, 4) is 0 Å². The summed E-state index contributed by atoms with van der Waals surface area (Å²) in [5, 5.41) is 14.4. The fourth-order valence-electron chi connectivity index (χ4n) is 3.39. The van der Waals surface area contributed by atoms with Gasteiger partial charge < -0.3 is 5.32 Å². The molecule has 0 bridgehead atoms. The minimum atomic E-state index is -0.0318. The maximum atomic E-state index is 12.4. The van der Waals surface area contributed by atoms with Crippen LogP contribution in [-0.2, 0) is 17.9 Å². The number of rotatable bonds is 6. The highest BCUT2D eigenvalue weighted by Crippen LogP contribution is 2.40. The van der Waals surface area contributed by atoms with Crippen molar-refractivity contribution in [2.45, 2.75) is 51.6 Å². The highest BCUT2D eigenvalue weighted by Gasteiger charge is 2.35. The largest absolute Gasteiger partial charge is 0.352 e. The van der Waals surface area contributed by atoms with Gasteiger partial charge in [-0.15, -0.1) is 5.10 Å². The number of tetrazole rings is 1. The van der Waals surface area contributed by atoms with Crippen LogP contribution in [0.5, 0.6) is 0 Å². The zero-order chi connectivity index (χ0) is 16.0. The van der Waals surface area contributed by atoms with Crippen molar-refractivity contribution in [2.24, 2.45) is 5.41 Å². The van der Waals surface area contributed by atoms with Gasteiger partial charge in [-0.25, -0.2) is 4.68 Å². The van der Waals surface area contributed by atoms with Crippen LogP contribution in [0, 0.1) is 5.41 Å². The van der Waals surface area contributed by atoms with Crippen LogP contribution in [0.15, 0.2) is 30.9 Å². The van der Waals surface area contributed by atoms with Crippen LogP contribution in [0.1, 0.15) is 44.1 Å². The predicted octanol–water partition coefficient (Wildman–Crippen LogP) is 1.73. The van der Waals surface area contributed by atoms with Crippen molar-refractivity contribution in [1.29, 1.82) is 0 Å². The van der Waals surface area contributed by atoms with Gasteiger partial charge in [-0.05, 0) is 46.4 Å². The number of carbonyl (C=O) groups excluding carboxylic acids is 1. The number of hydrogen-bond acceptors (Lipinski definition) is 5. The van der Waals surface area contributed by atoms with E-state index < -0.39 is 0 Å². The molecule has 0 unspecified atom stereocenters. The molecule has 2 heterocycles. The van der Waals surface area contributed by atoms with E-state index >= 15 is 0 Å². The molecule has 3 rings (SSSR count). The minimum absolute atomic E-state index is 0.0318. The van der Waals surface area contributed by atoms with E-state index in [-0.39, 0.29) is 11.3 Å². The number of nitrogens with one attached hydrogen (secondary N) is 1. The van der Waals surface area contributed by atoms with Gasteiger partial charge in [0.25, 0.3) is 0 Å². The van der Waals surface area contributed by atoms with Crippen LogP contribution in [0.3, 0.4) is 0 Å². The van der Waals surface area contributed by atoms with Gasteiger partial charge in [0.1, 0.15) is 6.33 Å². The lowest BCUT2D eigenvalue weighted by Gasteiger charge is -2.36. The van der Waals surface area contributed by atoms with E-state index in [1.54, 1.807) is 23.4 Å². The maximum absolute atomic E-state index is 12.4. The first-order valence-corrected chi connectivity index (χ1v) is 8.12. The molecule has 0 radical (unpaired) electrons. The Labute approximate surface area is 135 Å². The second-order valence-corrected chi connectivity index (χ2v) is 6.38. The summed E-state index contributed by atoms with van der Waals surface area (Å²) in [4.78, 5) is 16.4. The zero-order valence-electron chi connectivity index (χ0n) is 13.2. The first-order chi connectivity index (χ1) is 11.3. The average Bonchev–Trinajstić information content (AvgIpc) is 3.07. The summed E-state index contributed by atoms with van der Waals surface area (Å²) < 4.78 is 1.75. The van der Waals surface area contributed by atoms with Gasteiger partial charge in [0.2, 0.25) is 5.91 Å². The zero-order valence-corrected chi connectivity index (χ0v) is 13.2. The number of carbonyl (C=O) groups is 1. The van der Waals surface area contributed by atoms with Crippen molar-refractivity contribution < 1.29 is 4.79 Å². The summed E-state index contributed by atoms with van der Waals surface area (Å²) in [5.41, 5.74) is 1.03. The molecular weight excluding hydrogens is 292 g/mol. The Bertz CT molecular complexity index is 607. The van der Waals surface area contributed by atoms with E-state index in [1.807, 2.05) is 12.1 Å². The Hall–Kier alpha value is -2.31. The van der Waals surface area contributed by atoms with Crippen LogP contribution in [0.4, 0.5) is 0 Å². The molecule has 1 amide bonds. The van der Waals surface area contributed by atoms with Crippen LogP contribution < -0.4 is 5.32 Å². The molecule has 2 aromatic rings. The number of pyridine rings is 1. The highest BCUT2D eigenvalue weighted by molar-refractivity contribution is 5.76. The fourth-order valence-corrected chi connectivity index (χ4v) is 3.39. The molecular formula is C16H22N6O. The van der Waals surface area contributed by atoms with Gasteiger partial charge in [-0.3, -0.25) is 9.78 Å². The molecule has 7 nitrogen and oxygen atoms in total. The third-order valence-corrected chi connectivity index (χ3v) is 4.58. The Morgan fingerprint density at radius 1 is 1.22 bits per heavy atom. The van der Waals surface area contributed by atoms with Crippen molar-refractivity contribution in [3.63, 3.8) is 0 Å². The van der Waals surface area contributed by atoms with Gasteiger partial charge >= 0.3 is 0 Å². The third-order valence-electron chi connectivity index (χ3n) is 4.58. The van der Waals surface area contributed by atoms with Crippen molar-refractivity contribution in [1.82, 2.24) is 30.5 Å². The third kappa shape index (κ3) is 4.34. The molecule has 0 saturated heterocycles. The van der Waals surface area contributed by atoms with Gasteiger partial charge in [-0.1, -0.05) is 19.3 Å². The SMILES string of the molecule is O=C(CC1(Cn2cnnn2)CCCCC1)NCc1ccncc1. The van der Waals surface area contributed by atoms with E-state index in [0.717, 1.165) is 18.4 Å². The molecule has 122 valence electrons. The van der Waals surface area contributed by atoms with E-state index in [9.17, 15) is 4.79 Å². The lowest BCUT2D eigenvalue weighted by atomic mass is 9.71. The maximum Gasteiger partial charge on any atom is 0.220 e. The lowest BCUT2D eigenvalue weighted by molar-refractivity contribution is -0.124. The number of amides is 1. The summed E-state index contributed by atoms with van der Waals surface area (Å²) in [7, 11) is 0. The van der Waals surface area contributed by atoms with Gasteiger partial charge in [0.05, 0.1) is 6.54 Å². The molecule has 1 N–H and O–H groups in total.